The average Bonchev–Trinajstić information content (AvgIpc) is 2.44. The Balaban J connectivity index is 2.31. The predicted octanol–water partition coefficient (Wildman–Crippen LogP) is 3.34. The molecule has 0 fully saturated rings. The Hall–Kier alpha value is -1.44. The maximum atomic E-state index is 12.1. The number of nitrogens with zero attached hydrogens (tertiary/aromatic N) is 1. The van der Waals surface area contributed by atoms with Crippen LogP contribution in [-0.4, -0.2) is 38.4 Å². The number of benzene rings is 1. The maximum Gasteiger partial charge on any atom is 0.390 e. The largest absolute Gasteiger partial charge is 0.492 e. The molecule has 22 heavy (non-hydrogen) atoms. The third-order valence-corrected chi connectivity index (χ3v) is 3.01. The fourth-order valence-electron chi connectivity index (χ4n) is 1.51. The first-order valence-corrected chi connectivity index (χ1v) is 7.67. The molecule has 0 aliphatic heterocycles. The van der Waals surface area contributed by atoms with Crippen molar-refractivity contribution in [2.45, 2.75) is 19.5 Å². The van der Waals surface area contributed by atoms with Gasteiger partial charge in [-0.1, -0.05) is 15.9 Å². The number of halogens is 4. The van der Waals surface area contributed by atoms with E-state index in [4.69, 9.17) is 4.74 Å². The summed E-state index contributed by atoms with van der Waals surface area (Å²) in [5.74, 6) is 1.08. The molecule has 0 aromatic heterocycles. The molecule has 0 saturated carbocycles. The molecule has 1 aromatic carbocycles. The highest BCUT2D eigenvalue weighted by atomic mass is 79.9. The van der Waals surface area contributed by atoms with Crippen molar-refractivity contribution in [3.63, 3.8) is 0 Å². The molecule has 0 unspecified atom stereocenters. The molecule has 0 amide bonds. The summed E-state index contributed by atoms with van der Waals surface area (Å²) in [6, 6.07) is 7.39. The predicted molar refractivity (Wildman–Crippen MR) is 84.3 cm³/mol. The Morgan fingerprint density at radius 1 is 1.23 bits per heavy atom. The fourth-order valence-corrected chi connectivity index (χ4v) is 1.77. The van der Waals surface area contributed by atoms with E-state index in [0.717, 1.165) is 10.2 Å². The van der Waals surface area contributed by atoms with Crippen molar-refractivity contribution < 1.29 is 17.9 Å². The van der Waals surface area contributed by atoms with Crippen LogP contribution in [0, 0.1) is 0 Å². The lowest BCUT2D eigenvalue weighted by molar-refractivity contribution is -0.132. The van der Waals surface area contributed by atoms with Crippen molar-refractivity contribution in [1.82, 2.24) is 10.6 Å². The molecule has 0 bridgehead atoms. The molecule has 1 aromatic rings. The third-order valence-electron chi connectivity index (χ3n) is 2.49. The van der Waals surface area contributed by atoms with Gasteiger partial charge in [-0.25, -0.2) is 0 Å². The molecule has 8 heteroatoms. The zero-order valence-electron chi connectivity index (χ0n) is 12.2. The first-order chi connectivity index (χ1) is 10.4. The number of alkyl halides is 3. The molecule has 124 valence electrons. The van der Waals surface area contributed by atoms with Crippen LogP contribution in [0.4, 0.5) is 13.2 Å². The quantitative estimate of drug-likeness (QED) is 0.432. The minimum absolute atomic E-state index is 0.299. The van der Waals surface area contributed by atoms with Crippen molar-refractivity contribution in [2.75, 3.05) is 26.2 Å². The normalized spacial score (nSPS) is 12.1. The van der Waals surface area contributed by atoms with Gasteiger partial charge in [-0.3, -0.25) is 4.99 Å². The van der Waals surface area contributed by atoms with Crippen molar-refractivity contribution in [1.29, 1.82) is 0 Å². The number of aliphatic imine (C=N–C) groups is 1. The molecule has 4 nitrogen and oxygen atoms in total. The number of hydrogen-bond donors (Lipinski definition) is 2. The molecule has 0 saturated heterocycles. The van der Waals surface area contributed by atoms with Crippen LogP contribution in [0.25, 0.3) is 0 Å². The van der Waals surface area contributed by atoms with Crippen molar-refractivity contribution in [3.05, 3.63) is 28.7 Å². The summed E-state index contributed by atoms with van der Waals surface area (Å²) in [6.07, 6.45) is -5.12. The molecule has 0 heterocycles. The van der Waals surface area contributed by atoms with Crippen LogP contribution in [0.3, 0.4) is 0 Å². The van der Waals surface area contributed by atoms with Crippen LogP contribution in [0.2, 0.25) is 0 Å². The molecule has 0 atom stereocenters. The maximum absolute atomic E-state index is 12.1. The van der Waals surface area contributed by atoms with Crippen molar-refractivity contribution in [3.8, 4) is 5.75 Å². The Bertz CT molecular complexity index is 463. The molecular formula is C14H19BrF3N3O. The Morgan fingerprint density at radius 3 is 2.50 bits per heavy atom. The lowest BCUT2D eigenvalue weighted by Crippen LogP contribution is -2.39. The van der Waals surface area contributed by atoms with Crippen molar-refractivity contribution in [2.24, 2.45) is 4.99 Å². The van der Waals surface area contributed by atoms with Crippen LogP contribution < -0.4 is 15.4 Å². The van der Waals surface area contributed by atoms with Crippen LogP contribution in [0.5, 0.6) is 5.75 Å². The highest BCUT2D eigenvalue weighted by molar-refractivity contribution is 9.10. The monoisotopic (exact) mass is 381 g/mol. The van der Waals surface area contributed by atoms with Crippen LogP contribution in [0.15, 0.2) is 33.7 Å². The van der Waals surface area contributed by atoms with Crippen LogP contribution in [-0.2, 0) is 0 Å². The number of ether oxygens (including phenoxy) is 1. The lowest BCUT2D eigenvalue weighted by Gasteiger charge is -2.12. The highest BCUT2D eigenvalue weighted by Gasteiger charge is 2.26. The molecule has 0 radical (unpaired) electrons. The minimum atomic E-state index is -4.19. The molecule has 0 aliphatic carbocycles. The number of rotatable bonds is 7. The van der Waals surface area contributed by atoms with Gasteiger partial charge in [0.25, 0.3) is 0 Å². The van der Waals surface area contributed by atoms with Gasteiger partial charge in [0.05, 0.1) is 19.5 Å². The van der Waals surface area contributed by atoms with Gasteiger partial charge >= 0.3 is 6.18 Å². The number of hydrogen-bond acceptors (Lipinski definition) is 2. The van der Waals surface area contributed by atoms with Gasteiger partial charge in [-0.05, 0) is 31.2 Å². The molecule has 0 aliphatic rings. The van der Waals surface area contributed by atoms with Crippen LogP contribution in [0.1, 0.15) is 13.3 Å². The van der Waals surface area contributed by atoms with E-state index >= 15 is 0 Å². The second-order valence-corrected chi connectivity index (χ2v) is 5.27. The van der Waals surface area contributed by atoms with Gasteiger partial charge in [0, 0.05) is 11.0 Å². The summed E-state index contributed by atoms with van der Waals surface area (Å²) >= 11 is 3.33. The molecule has 0 spiro atoms. The van der Waals surface area contributed by atoms with E-state index in [1.54, 1.807) is 0 Å². The first-order valence-electron chi connectivity index (χ1n) is 6.88. The van der Waals surface area contributed by atoms with E-state index in [0.29, 0.717) is 25.7 Å². The first kappa shape index (κ1) is 18.6. The lowest BCUT2D eigenvalue weighted by atomic mass is 10.3. The summed E-state index contributed by atoms with van der Waals surface area (Å²) < 4.78 is 42.7. The summed E-state index contributed by atoms with van der Waals surface area (Å²) in [6.45, 7) is 2.94. The van der Waals surface area contributed by atoms with Gasteiger partial charge in [-0.2, -0.15) is 13.2 Å². The fraction of sp³-hybridized carbons (Fsp3) is 0.500. The topological polar surface area (TPSA) is 45.7 Å². The molecule has 2 N–H and O–H groups in total. The molecular weight excluding hydrogens is 363 g/mol. The van der Waals surface area contributed by atoms with Crippen LogP contribution >= 0.6 is 15.9 Å². The van der Waals surface area contributed by atoms with Gasteiger partial charge < -0.3 is 15.4 Å². The van der Waals surface area contributed by atoms with E-state index in [1.807, 2.05) is 31.2 Å². The van der Waals surface area contributed by atoms with Crippen molar-refractivity contribution >= 4 is 21.9 Å². The Morgan fingerprint density at radius 2 is 1.91 bits per heavy atom. The number of guanidine groups is 1. The summed E-state index contributed by atoms with van der Waals surface area (Å²) in [5.41, 5.74) is 0. The number of nitrogens with one attached hydrogen (secondary N) is 2. The minimum Gasteiger partial charge on any atom is -0.492 e. The van der Waals surface area contributed by atoms with E-state index in [9.17, 15) is 13.2 Å². The smallest absolute Gasteiger partial charge is 0.390 e. The van der Waals surface area contributed by atoms with Gasteiger partial charge in [0.15, 0.2) is 5.96 Å². The van der Waals surface area contributed by atoms with Gasteiger partial charge in [-0.15, -0.1) is 0 Å². The summed E-state index contributed by atoms with van der Waals surface area (Å²) in [7, 11) is 0. The zero-order valence-corrected chi connectivity index (χ0v) is 13.8. The Kier molecular flexibility index (Phi) is 8.08. The average molecular weight is 382 g/mol. The Labute approximate surface area is 136 Å². The van der Waals surface area contributed by atoms with E-state index < -0.39 is 12.6 Å². The van der Waals surface area contributed by atoms with E-state index in [-0.39, 0.29) is 6.54 Å². The zero-order chi connectivity index (χ0) is 16.4. The second-order valence-electron chi connectivity index (χ2n) is 4.35. The standard InChI is InChI=1S/C14H19BrF3N3O/c1-2-19-13(20-8-7-14(16,17)18)21-9-10-22-12-5-3-11(15)4-6-12/h3-6H,2,7-10H2,1H3,(H2,19,20,21). The van der Waals surface area contributed by atoms with E-state index in [2.05, 4.69) is 31.6 Å². The highest BCUT2D eigenvalue weighted by Crippen LogP contribution is 2.18. The van der Waals surface area contributed by atoms with E-state index in [1.165, 1.54) is 0 Å². The SMILES string of the molecule is CCNC(=NCCC(F)(F)F)NCCOc1ccc(Br)cc1. The second kappa shape index (κ2) is 9.55. The summed E-state index contributed by atoms with van der Waals surface area (Å²) in [4.78, 5) is 3.87. The molecule has 1 rings (SSSR count). The van der Waals surface area contributed by atoms with Gasteiger partial charge in [0.1, 0.15) is 12.4 Å². The summed E-state index contributed by atoms with van der Waals surface area (Å²) in [5, 5.41) is 5.81. The third kappa shape index (κ3) is 8.76. The van der Waals surface area contributed by atoms with Gasteiger partial charge in [0.2, 0.25) is 0 Å².